The molecule has 1 amide bonds. The van der Waals surface area contributed by atoms with E-state index >= 15 is 0 Å². The average molecular weight is 663 g/mol. The van der Waals surface area contributed by atoms with Crippen LogP contribution in [-0.4, -0.2) is 51.4 Å². The molecule has 8 nitrogen and oxygen atoms in total. The lowest BCUT2D eigenvalue weighted by Gasteiger charge is -2.64. The fourth-order valence-corrected chi connectivity index (χ4v) is 9.02. The van der Waals surface area contributed by atoms with Gasteiger partial charge >= 0.3 is 7.12 Å². The number of carbonyl (C=O) groups excluding carboxylic acids is 2. The van der Waals surface area contributed by atoms with Gasteiger partial charge in [0.15, 0.2) is 0 Å². The number of rotatable bonds is 19. The molecular formula is C35H56BFN2O6S. The summed E-state index contributed by atoms with van der Waals surface area (Å²) in [6.45, 7) is 12.8. The van der Waals surface area contributed by atoms with Crippen molar-refractivity contribution < 1.29 is 31.7 Å². The summed E-state index contributed by atoms with van der Waals surface area (Å²) in [6, 6.07) is 4.51. The van der Waals surface area contributed by atoms with Gasteiger partial charge in [-0.05, 0) is 80.0 Å². The molecule has 258 valence electrons. The molecule has 1 saturated heterocycles. The Morgan fingerprint density at radius 2 is 1.67 bits per heavy atom. The first-order valence-corrected chi connectivity index (χ1v) is 19.1. The van der Waals surface area contributed by atoms with Crippen LogP contribution in [0.3, 0.4) is 0 Å². The zero-order valence-corrected chi connectivity index (χ0v) is 29.6. The number of sulfonamides is 1. The van der Waals surface area contributed by atoms with Crippen LogP contribution in [0, 0.1) is 34.9 Å². The van der Waals surface area contributed by atoms with Crippen molar-refractivity contribution in [3.63, 3.8) is 0 Å². The van der Waals surface area contributed by atoms with Crippen molar-refractivity contribution in [1.29, 1.82) is 0 Å². The maximum atomic E-state index is 13.9. The summed E-state index contributed by atoms with van der Waals surface area (Å²) in [5, 5.41) is 3.13. The van der Waals surface area contributed by atoms with Gasteiger partial charge in [-0.2, -0.15) is 0 Å². The van der Waals surface area contributed by atoms with Crippen LogP contribution in [0.4, 0.5) is 4.39 Å². The van der Waals surface area contributed by atoms with E-state index in [1.54, 1.807) is 0 Å². The molecule has 0 spiro atoms. The molecule has 0 unspecified atom stereocenters. The van der Waals surface area contributed by atoms with Crippen LogP contribution in [0.1, 0.15) is 119 Å². The average Bonchev–Trinajstić information content (AvgIpc) is 3.35. The summed E-state index contributed by atoms with van der Waals surface area (Å²) in [7, 11) is -4.66. The van der Waals surface area contributed by atoms with E-state index < -0.39 is 46.3 Å². The van der Waals surface area contributed by atoms with Crippen LogP contribution >= 0.6 is 0 Å². The number of halogens is 1. The highest BCUT2D eigenvalue weighted by molar-refractivity contribution is 7.89. The van der Waals surface area contributed by atoms with Crippen molar-refractivity contribution in [2.45, 2.75) is 141 Å². The lowest BCUT2D eigenvalue weighted by Crippen LogP contribution is -2.65. The van der Waals surface area contributed by atoms with E-state index in [0.29, 0.717) is 24.7 Å². The maximum Gasteiger partial charge on any atom is 0.481 e. The molecule has 1 heterocycles. The van der Waals surface area contributed by atoms with Crippen LogP contribution in [0.2, 0.25) is 0 Å². The Morgan fingerprint density at radius 3 is 2.30 bits per heavy atom. The molecule has 1 aromatic rings. The standard InChI is InChI=1S/C35H56BFN2O6S/c1-7-8-9-10-11-12-13-14-28(40)20-25(23-38-46(42,43)29-17-15-27(37)16-18-29)33(41)39-32(19-24(2)3)36-44-31-22-26-21-30(34(26,4)5)35(31,6)45-36/h15-18,24-26,30-32,38H,7-14,19-23H2,1-6H3,(H,39,41)/t25-,26+,30+,31+,32-,35-/m0/s1. The summed E-state index contributed by atoms with van der Waals surface area (Å²) < 4.78 is 55.2. The Labute approximate surface area is 276 Å². The maximum absolute atomic E-state index is 13.9. The molecule has 3 aliphatic carbocycles. The van der Waals surface area contributed by atoms with Gasteiger partial charge in [0, 0.05) is 19.4 Å². The third kappa shape index (κ3) is 8.80. The van der Waals surface area contributed by atoms with Gasteiger partial charge in [0.25, 0.3) is 0 Å². The summed E-state index contributed by atoms with van der Waals surface area (Å²) in [5.74, 6) is -1.19. The summed E-state index contributed by atoms with van der Waals surface area (Å²) in [6.07, 6.45) is 10.4. The number of nitrogens with one attached hydrogen (secondary N) is 2. The first-order chi connectivity index (χ1) is 21.7. The Hall–Kier alpha value is -1.82. The number of ketones is 1. The van der Waals surface area contributed by atoms with Crippen molar-refractivity contribution in [3.8, 4) is 0 Å². The minimum atomic E-state index is -4.03. The number of amides is 1. The van der Waals surface area contributed by atoms with Gasteiger partial charge in [0.05, 0.1) is 28.5 Å². The molecule has 4 fully saturated rings. The van der Waals surface area contributed by atoms with Crippen LogP contribution < -0.4 is 10.0 Å². The monoisotopic (exact) mass is 662 g/mol. The predicted octanol–water partition coefficient (Wildman–Crippen LogP) is 6.62. The minimum Gasteiger partial charge on any atom is -0.404 e. The molecular weight excluding hydrogens is 606 g/mol. The zero-order valence-electron chi connectivity index (χ0n) is 28.8. The highest BCUT2D eigenvalue weighted by Gasteiger charge is 2.68. The smallest absolute Gasteiger partial charge is 0.404 e. The highest BCUT2D eigenvalue weighted by Crippen LogP contribution is 2.65. The van der Waals surface area contributed by atoms with E-state index in [9.17, 15) is 22.4 Å². The number of hydrogen-bond acceptors (Lipinski definition) is 6. The van der Waals surface area contributed by atoms with E-state index in [0.717, 1.165) is 50.7 Å². The second-order valence-corrected chi connectivity index (χ2v) is 17.0. The molecule has 2 N–H and O–H groups in total. The van der Waals surface area contributed by atoms with Crippen LogP contribution in [-0.2, 0) is 28.9 Å². The zero-order chi connectivity index (χ0) is 33.7. The van der Waals surface area contributed by atoms with Gasteiger partial charge in [-0.1, -0.05) is 73.1 Å². The Kier molecular flexibility index (Phi) is 12.6. The van der Waals surface area contributed by atoms with E-state index in [2.05, 4.69) is 51.6 Å². The second kappa shape index (κ2) is 15.6. The summed E-state index contributed by atoms with van der Waals surface area (Å²) in [4.78, 5) is 26.9. The lowest BCUT2D eigenvalue weighted by molar-refractivity contribution is -0.199. The van der Waals surface area contributed by atoms with Gasteiger partial charge in [-0.3, -0.25) is 9.59 Å². The minimum absolute atomic E-state index is 0.0392. The molecule has 1 aliphatic heterocycles. The third-order valence-corrected chi connectivity index (χ3v) is 12.3. The van der Waals surface area contributed by atoms with Gasteiger partial charge in [-0.25, -0.2) is 17.5 Å². The quantitative estimate of drug-likeness (QED) is 0.127. The van der Waals surface area contributed by atoms with Gasteiger partial charge in [0.2, 0.25) is 15.9 Å². The molecule has 6 atom stereocenters. The van der Waals surface area contributed by atoms with E-state index in [1.165, 1.54) is 31.4 Å². The van der Waals surface area contributed by atoms with Crippen molar-refractivity contribution in [2.75, 3.05) is 6.54 Å². The fraction of sp³-hybridized carbons (Fsp3) is 0.771. The van der Waals surface area contributed by atoms with Crippen molar-refractivity contribution in [3.05, 3.63) is 30.1 Å². The normalized spacial score (nSPS) is 26.3. The molecule has 3 saturated carbocycles. The Bertz CT molecular complexity index is 1290. The summed E-state index contributed by atoms with van der Waals surface area (Å²) in [5.41, 5.74) is -0.248. The second-order valence-electron chi connectivity index (χ2n) is 15.2. The van der Waals surface area contributed by atoms with Crippen LogP contribution in [0.25, 0.3) is 0 Å². The number of Topliss-reactive ketones (excluding diaryl/α,β-unsaturated/α-hetero) is 1. The van der Waals surface area contributed by atoms with Crippen LogP contribution in [0.5, 0.6) is 0 Å². The molecule has 5 rings (SSSR count). The molecule has 2 bridgehead atoms. The highest BCUT2D eigenvalue weighted by atomic mass is 32.2. The molecule has 46 heavy (non-hydrogen) atoms. The summed E-state index contributed by atoms with van der Waals surface area (Å²) >= 11 is 0. The topological polar surface area (TPSA) is 111 Å². The van der Waals surface area contributed by atoms with Gasteiger partial charge < -0.3 is 14.6 Å². The van der Waals surface area contributed by atoms with E-state index in [-0.39, 0.29) is 41.1 Å². The largest absolute Gasteiger partial charge is 0.481 e. The number of unbranched alkanes of at least 4 members (excludes halogenated alkanes) is 6. The number of carbonyl (C=O) groups is 2. The third-order valence-electron chi connectivity index (χ3n) is 10.9. The number of benzene rings is 1. The molecule has 0 aromatic heterocycles. The van der Waals surface area contributed by atoms with Gasteiger partial charge in [0.1, 0.15) is 11.6 Å². The molecule has 1 aromatic carbocycles. The van der Waals surface area contributed by atoms with Crippen molar-refractivity contribution in [1.82, 2.24) is 10.0 Å². The first kappa shape index (κ1) is 37.0. The molecule has 0 radical (unpaired) electrons. The molecule has 4 aliphatic rings. The Morgan fingerprint density at radius 1 is 1.02 bits per heavy atom. The van der Waals surface area contributed by atoms with Gasteiger partial charge in [-0.15, -0.1) is 0 Å². The SMILES string of the molecule is CCCCCCCCCC(=O)C[C@@H](CNS(=O)(=O)c1ccc(F)cc1)C(=O)N[C@@H](CC(C)C)B1O[C@@H]2C[C@H]3C[C@H](C3(C)C)[C@]2(C)O1. The van der Waals surface area contributed by atoms with Crippen molar-refractivity contribution in [2.24, 2.45) is 29.1 Å². The van der Waals surface area contributed by atoms with Crippen molar-refractivity contribution >= 4 is 28.8 Å². The number of hydrogen-bond donors (Lipinski definition) is 2. The van der Waals surface area contributed by atoms with E-state index in [1.807, 2.05) is 0 Å². The molecule has 11 heteroatoms. The van der Waals surface area contributed by atoms with Crippen LogP contribution in [0.15, 0.2) is 29.2 Å². The fourth-order valence-electron chi connectivity index (χ4n) is 7.94. The predicted molar refractivity (Wildman–Crippen MR) is 179 cm³/mol. The first-order valence-electron chi connectivity index (χ1n) is 17.6. The Balaban J connectivity index is 1.44. The van der Waals surface area contributed by atoms with E-state index in [4.69, 9.17) is 9.31 Å². The lowest BCUT2D eigenvalue weighted by atomic mass is 9.43.